The maximum Gasteiger partial charge on any atom is 0.164 e. The molecule has 118 valence electrons. The van der Waals surface area contributed by atoms with Crippen LogP contribution in [0.5, 0.6) is 11.5 Å². The Morgan fingerprint density at radius 3 is 2.65 bits per heavy atom. The number of pyridine rings is 1. The summed E-state index contributed by atoms with van der Waals surface area (Å²) < 4.78 is 10.9. The monoisotopic (exact) mass is 309 g/mol. The molecule has 1 N–H and O–H groups in total. The molecule has 1 aromatic carbocycles. The van der Waals surface area contributed by atoms with E-state index in [9.17, 15) is 5.11 Å². The van der Waals surface area contributed by atoms with Gasteiger partial charge in [0.05, 0.1) is 20.8 Å². The summed E-state index contributed by atoms with van der Waals surface area (Å²) in [4.78, 5) is 4.21. The minimum atomic E-state index is -0.0145. The molecule has 1 saturated carbocycles. The van der Waals surface area contributed by atoms with E-state index in [1.807, 2.05) is 6.07 Å². The lowest BCUT2D eigenvalue weighted by atomic mass is 10.0. The van der Waals surface area contributed by atoms with Crippen molar-refractivity contribution in [1.29, 1.82) is 0 Å². The van der Waals surface area contributed by atoms with Crippen LogP contribution in [0.1, 0.15) is 41.1 Å². The van der Waals surface area contributed by atoms with Gasteiger partial charge in [0.2, 0.25) is 0 Å². The molecule has 1 aliphatic carbocycles. The van der Waals surface area contributed by atoms with Crippen molar-refractivity contribution in [3.8, 4) is 23.3 Å². The molecule has 0 atom stereocenters. The largest absolute Gasteiger partial charge is 0.493 e. The second-order valence-electron chi connectivity index (χ2n) is 5.53. The number of benzene rings is 1. The summed E-state index contributed by atoms with van der Waals surface area (Å²) in [5, 5.41) is 9.17. The Kier molecular flexibility index (Phi) is 4.50. The molecule has 3 rings (SSSR count). The van der Waals surface area contributed by atoms with Gasteiger partial charge in [0.15, 0.2) is 11.5 Å². The molecular formula is C19H19NO3. The van der Waals surface area contributed by atoms with Crippen molar-refractivity contribution >= 4 is 0 Å². The van der Waals surface area contributed by atoms with E-state index in [1.165, 1.54) is 12.8 Å². The van der Waals surface area contributed by atoms with Gasteiger partial charge in [-0.3, -0.25) is 0 Å². The topological polar surface area (TPSA) is 51.6 Å². The minimum Gasteiger partial charge on any atom is -0.493 e. The Bertz CT molecular complexity index is 770. The van der Waals surface area contributed by atoms with E-state index < -0.39 is 0 Å². The van der Waals surface area contributed by atoms with Gasteiger partial charge in [0.25, 0.3) is 0 Å². The van der Waals surface area contributed by atoms with Crippen molar-refractivity contribution in [1.82, 2.24) is 4.98 Å². The molecule has 0 aliphatic heterocycles. The number of nitrogens with zero attached hydrogens (tertiary/aromatic N) is 1. The molecule has 1 aromatic heterocycles. The molecule has 0 amide bonds. The van der Waals surface area contributed by atoms with Crippen LogP contribution in [0.25, 0.3) is 0 Å². The number of methoxy groups -OCH3 is 2. The lowest BCUT2D eigenvalue weighted by molar-refractivity contribution is 0.281. The third kappa shape index (κ3) is 3.46. The quantitative estimate of drug-likeness (QED) is 0.882. The molecule has 1 heterocycles. The highest BCUT2D eigenvalue weighted by Gasteiger charge is 2.28. The Hall–Kier alpha value is -2.51. The van der Waals surface area contributed by atoms with Crippen LogP contribution < -0.4 is 9.47 Å². The number of rotatable bonds is 4. The highest BCUT2D eigenvalue weighted by molar-refractivity contribution is 5.56. The Morgan fingerprint density at radius 2 is 2.00 bits per heavy atom. The molecule has 23 heavy (non-hydrogen) atoms. The third-order valence-corrected chi connectivity index (χ3v) is 3.87. The lowest BCUT2D eigenvalue weighted by Crippen LogP contribution is -1.96. The molecule has 0 bridgehead atoms. The van der Waals surface area contributed by atoms with Crippen molar-refractivity contribution < 1.29 is 14.6 Å². The first-order chi connectivity index (χ1) is 11.2. The molecule has 0 radical (unpaired) electrons. The third-order valence-electron chi connectivity index (χ3n) is 3.87. The normalized spacial score (nSPS) is 13.2. The van der Waals surface area contributed by atoms with Crippen molar-refractivity contribution in [3.05, 3.63) is 52.8 Å². The zero-order chi connectivity index (χ0) is 16.2. The van der Waals surface area contributed by atoms with Gasteiger partial charge < -0.3 is 14.6 Å². The van der Waals surface area contributed by atoms with Crippen LogP contribution in [0, 0.1) is 11.8 Å². The van der Waals surface area contributed by atoms with Crippen molar-refractivity contribution in [2.75, 3.05) is 14.2 Å². The summed E-state index contributed by atoms with van der Waals surface area (Å²) in [5.74, 6) is 8.23. The van der Waals surface area contributed by atoms with E-state index in [2.05, 4.69) is 22.9 Å². The molecule has 1 fully saturated rings. The minimum absolute atomic E-state index is 0.0145. The van der Waals surface area contributed by atoms with Crippen LogP contribution in [0.3, 0.4) is 0 Å². The molecule has 0 spiro atoms. The highest BCUT2D eigenvalue weighted by Crippen LogP contribution is 2.47. The maximum absolute atomic E-state index is 9.17. The number of aliphatic hydroxyl groups is 1. The predicted octanol–water partition coefficient (Wildman–Crippen LogP) is 2.87. The van der Waals surface area contributed by atoms with Crippen LogP contribution in [0.4, 0.5) is 0 Å². The van der Waals surface area contributed by atoms with Crippen LogP contribution in [-0.4, -0.2) is 24.3 Å². The van der Waals surface area contributed by atoms with Gasteiger partial charge in [-0.05, 0) is 54.5 Å². The summed E-state index contributed by atoms with van der Waals surface area (Å²) >= 11 is 0. The van der Waals surface area contributed by atoms with Gasteiger partial charge in [0, 0.05) is 17.3 Å². The predicted molar refractivity (Wildman–Crippen MR) is 87.7 cm³/mol. The van der Waals surface area contributed by atoms with Gasteiger partial charge in [-0.2, -0.15) is 0 Å². The fourth-order valence-electron chi connectivity index (χ4n) is 2.54. The van der Waals surface area contributed by atoms with E-state index in [0.29, 0.717) is 17.4 Å². The van der Waals surface area contributed by atoms with E-state index in [1.54, 1.807) is 32.5 Å². The first-order valence-corrected chi connectivity index (χ1v) is 7.59. The van der Waals surface area contributed by atoms with Crippen molar-refractivity contribution in [3.63, 3.8) is 0 Å². The van der Waals surface area contributed by atoms with Crippen molar-refractivity contribution in [2.24, 2.45) is 0 Å². The van der Waals surface area contributed by atoms with E-state index in [0.717, 1.165) is 22.4 Å². The molecular weight excluding hydrogens is 290 g/mol. The van der Waals surface area contributed by atoms with E-state index >= 15 is 0 Å². The number of hydrogen-bond acceptors (Lipinski definition) is 4. The van der Waals surface area contributed by atoms with Gasteiger partial charge in [-0.1, -0.05) is 5.92 Å². The van der Waals surface area contributed by atoms with Crippen LogP contribution in [0.2, 0.25) is 0 Å². The fraction of sp³-hybridized carbons (Fsp3) is 0.316. The zero-order valence-electron chi connectivity index (χ0n) is 13.3. The van der Waals surface area contributed by atoms with Crippen LogP contribution in [-0.2, 0) is 6.61 Å². The smallest absolute Gasteiger partial charge is 0.164 e. The maximum atomic E-state index is 9.17. The lowest BCUT2D eigenvalue weighted by Gasteiger charge is -2.13. The molecule has 4 nitrogen and oxygen atoms in total. The number of ether oxygens (including phenoxy) is 2. The number of aliphatic hydroxyl groups excluding tert-OH is 1. The summed E-state index contributed by atoms with van der Waals surface area (Å²) in [6.45, 7) is -0.0145. The summed E-state index contributed by atoms with van der Waals surface area (Å²) in [5.41, 5.74) is 3.48. The molecule has 2 aromatic rings. The summed E-state index contributed by atoms with van der Waals surface area (Å²) in [6, 6.07) is 7.51. The van der Waals surface area contributed by atoms with Crippen molar-refractivity contribution in [2.45, 2.75) is 25.4 Å². The van der Waals surface area contributed by atoms with Gasteiger partial charge in [-0.25, -0.2) is 4.98 Å². The SMILES string of the molecule is COc1cc(C#Cc2cc(CO)ccn2)cc(C2CC2)c1OC. The van der Waals surface area contributed by atoms with E-state index in [4.69, 9.17) is 9.47 Å². The molecule has 0 saturated heterocycles. The summed E-state index contributed by atoms with van der Waals surface area (Å²) in [6.07, 6.45) is 4.01. The van der Waals surface area contributed by atoms with Crippen LogP contribution in [0.15, 0.2) is 30.5 Å². The number of hydrogen-bond donors (Lipinski definition) is 1. The Labute approximate surface area is 136 Å². The Balaban J connectivity index is 1.97. The first kappa shape index (κ1) is 15.4. The first-order valence-electron chi connectivity index (χ1n) is 7.59. The molecule has 1 aliphatic rings. The number of aromatic nitrogens is 1. The molecule has 4 heteroatoms. The average molecular weight is 309 g/mol. The zero-order valence-corrected chi connectivity index (χ0v) is 13.3. The summed E-state index contributed by atoms with van der Waals surface area (Å²) in [7, 11) is 3.30. The highest BCUT2D eigenvalue weighted by atomic mass is 16.5. The van der Waals surface area contributed by atoms with Gasteiger partial charge >= 0.3 is 0 Å². The average Bonchev–Trinajstić information content (AvgIpc) is 3.44. The second kappa shape index (κ2) is 6.72. The standard InChI is InChI=1S/C19H19NO3/c1-22-18-11-13(10-17(15-4-5-15)19(18)23-2)3-6-16-9-14(12-21)7-8-20-16/h7-11,15,21H,4-5,12H2,1-2H3. The van der Waals surface area contributed by atoms with Crippen LogP contribution >= 0.6 is 0 Å². The Morgan fingerprint density at radius 1 is 1.17 bits per heavy atom. The van der Waals surface area contributed by atoms with Gasteiger partial charge in [0.1, 0.15) is 5.69 Å². The van der Waals surface area contributed by atoms with Gasteiger partial charge in [-0.15, -0.1) is 0 Å². The fourth-order valence-corrected chi connectivity index (χ4v) is 2.54. The second-order valence-corrected chi connectivity index (χ2v) is 5.53. The van der Waals surface area contributed by atoms with E-state index in [-0.39, 0.29) is 6.61 Å². The molecule has 0 unspecified atom stereocenters.